The molecule has 7 heteroatoms. The van der Waals surface area contributed by atoms with Crippen molar-refractivity contribution >= 4 is 22.4 Å². The molecule has 1 aromatic carbocycles. The van der Waals surface area contributed by atoms with Crippen LogP contribution in [0.15, 0.2) is 29.2 Å². The fourth-order valence-corrected chi connectivity index (χ4v) is 3.86. The molecule has 1 heterocycles. The number of nitrogens with zero attached hydrogens (tertiary/aromatic N) is 1. The van der Waals surface area contributed by atoms with Crippen LogP contribution in [0.25, 0.3) is 0 Å². The number of benzene rings is 1. The van der Waals surface area contributed by atoms with Gasteiger partial charge >= 0.3 is 0 Å². The van der Waals surface area contributed by atoms with Crippen molar-refractivity contribution in [2.75, 3.05) is 26.2 Å². The van der Waals surface area contributed by atoms with Gasteiger partial charge in [-0.1, -0.05) is 13.8 Å². The van der Waals surface area contributed by atoms with Gasteiger partial charge in [-0.25, -0.2) is 8.42 Å². The summed E-state index contributed by atoms with van der Waals surface area (Å²) < 4.78 is 32.1. The summed E-state index contributed by atoms with van der Waals surface area (Å²) in [6.45, 7) is 6.37. The van der Waals surface area contributed by atoms with Crippen LogP contribution in [0.3, 0.4) is 0 Å². The van der Waals surface area contributed by atoms with Gasteiger partial charge in [-0.2, -0.15) is 4.31 Å². The van der Waals surface area contributed by atoms with Gasteiger partial charge < -0.3 is 10.5 Å². The fraction of sp³-hybridized carbons (Fsp3) is 0.600. The average molecular weight is 349 g/mol. The van der Waals surface area contributed by atoms with Crippen molar-refractivity contribution in [2.24, 2.45) is 17.6 Å². The number of sulfonamides is 1. The Morgan fingerprint density at radius 2 is 1.95 bits per heavy atom. The number of halogens is 1. The molecule has 1 aliphatic heterocycles. The molecule has 2 N–H and O–H groups in total. The Labute approximate surface area is 139 Å². The molecule has 126 valence electrons. The van der Waals surface area contributed by atoms with Gasteiger partial charge in [-0.3, -0.25) is 0 Å². The van der Waals surface area contributed by atoms with E-state index in [1.807, 2.05) is 0 Å². The summed E-state index contributed by atoms with van der Waals surface area (Å²) in [4.78, 5) is 0.317. The molecule has 0 bridgehead atoms. The van der Waals surface area contributed by atoms with E-state index < -0.39 is 10.0 Å². The third-order valence-corrected chi connectivity index (χ3v) is 5.51. The van der Waals surface area contributed by atoms with E-state index in [2.05, 4.69) is 13.8 Å². The maximum atomic E-state index is 12.5. The summed E-state index contributed by atoms with van der Waals surface area (Å²) in [6.07, 6.45) is 0.839. The van der Waals surface area contributed by atoms with Crippen LogP contribution in [0.2, 0.25) is 0 Å². The second kappa shape index (κ2) is 8.15. The van der Waals surface area contributed by atoms with E-state index in [1.54, 1.807) is 24.3 Å². The summed E-state index contributed by atoms with van der Waals surface area (Å²) in [7, 11) is -3.41. The zero-order chi connectivity index (χ0) is 15.5. The number of rotatable bonds is 6. The molecule has 1 saturated heterocycles. The van der Waals surface area contributed by atoms with E-state index >= 15 is 0 Å². The van der Waals surface area contributed by atoms with Crippen LogP contribution in [0.5, 0.6) is 5.75 Å². The molecule has 1 fully saturated rings. The molecule has 0 aromatic heterocycles. The molecular weight excluding hydrogens is 324 g/mol. The lowest BCUT2D eigenvalue weighted by molar-refractivity contribution is 0.271. The quantitative estimate of drug-likeness (QED) is 0.854. The molecule has 1 aromatic rings. The summed E-state index contributed by atoms with van der Waals surface area (Å²) in [6, 6.07) is 6.65. The Morgan fingerprint density at radius 1 is 1.32 bits per heavy atom. The highest BCUT2D eigenvalue weighted by atomic mass is 35.5. The minimum absolute atomic E-state index is 0. The second-order valence-corrected chi connectivity index (χ2v) is 7.87. The Morgan fingerprint density at radius 3 is 2.45 bits per heavy atom. The van der Waals surface area contributed by atoms with Crippen LogP contribution in [-0.4, -0.2) is 39.0 Å². The highest BCUT2D eigenvalue weighted by molar-refractivity contribution is 7.89. The van der Waals surface area contributed by atoms with Gasteiger partial charge in [-0.05, 0) is 49.1 Å². The van der Waals surface area contributed by atoms with Gasteiger partial charge in [0.05, 0.1) is 11.5 Å². The van der Waals surface area contributed by atoms with Crippen molar-refractivity contribution in [1.82, 2.24) is 4.31 Å². The largest absolute Gasteiger partial charge is 0.493 e. The first-order valence-electron chi connectivity index (χ1n) is 7.36. The molecule has 0 amide bonds. The van der Waals surface area contributed by atoms with E-state index in [0.717, 1.165) is 6.42 Å². The Kier molecular flexibility index (Phi) is 7.12. The lowest BCUT2D eigenvalue weighted by Crippen LogP contribution is -2.30. The van der Waals surface area contributed by atoms with Crippen molar-refractivity contribution in [3.8, 4) is 5.75 Å². The highest BCUT2D eigenvalue weighted by Gasteiger charge is 2.31. The first-order valence-corrected chi connectivity index (χ1v) is 8.80. The molecular formula is C15H25ClN2O3S. The fourth-order valence-electron chi connectivity index (χ4n) is 2.33. The van der Waals surface area contributed by atoms with Crippen LogP contribution < -0.4 is 10.5 Å². The first kappa shape index (κ1) is 19.2. The molecule has 0 aliphatic carbocycles. The summed E-state index contributed by atoms with van der Waals surface area (Å²) in [5.74, 6) is 1.41. The molecule has 5 nitrogen and oxygen atoms in total. The van der Waals surface area contributed by atoms with Gasteiger partial charge in [0, 0.05) is 13.1 Å². The molecule has 1 atom stereocenters. The third kappa shape index (κ3) is 4.59. The minimum atomic E-state index is -3.41. The topological polar surface area (TPSA) is 72.6 Å². The van der Waals surface area contributed by atoms with Crippen LogP contribution in [0.4, 0.5) is 0 Å². The Bertz CT molecular complexity index is 561. The van der Waals surface area contributed by atoms with Gasteiger partial charge in [0.25, 0.3) is 0 Å². The molecule has 2 rings (SSSR count). The predicted molar refractivity (Wildman–Crippen MR) is 89.9 cm³/mol. The lowest BCUT2D eigenvalue weighted by Gasteiger charge is -2.17. The van der Waals surface area contributed by atoms with Crippen LogP contribution >= 0.6 is 12.4 Å². The van der Waals surface area contributed by atoms with Crippen LogP contribution in [0.1, 0.15) is 20.3 Å². The average Bonchev–Trinajstić information content (AvgIpc) is 2.95. The van der Waals surface area contributed by atoms with Gasteiger partial charge in [0.1, 0.15) is 5.75 Å². The highest BCUT2D eigenvalue weighted by Crippen LogP contribution is 2.25. The Balaban J connectivity index is 0.00000242. The van der Waals surface area contributed by atoms with Gasteiger partial charge in [0.15, 0.2) is 0 Å². The zero-order valence-electron chi connectivity index (χ0n) is 13.1. The molecule has 1 aliphatic rings. The first-order chi connectivity index (χ1) is 9.93. The molecule has 0 radical (unpaired) electrons. The van der Waals surface area contributed by atoms with Crippen molar-refractivity contribution in [2.45, 2.75) is 25.2 Å². The summed E-state index contributed by atoms with van der Waals surface area (Å²) in [5.41, 5.74) is 5.62. The SMILES string of the molecule is CC(C)COc1ccc(S(=O)(=O)N2CCC(CN)C2)cc1.Cl. The second-order valence-electron chi connectivity index (χ2n) is 5.93. The maximum Gasteiger partial charge on any atom is 0.243 e. The molecule has 22 heavy (non-hydrogen) atoms. The lowest BCUT2D eigenvalue weighted by atomic mass is 10.1. The minimum Gasteiger partial charge on any atom is -0.493 e. The third-order valence-electron chi connectivity index (χ3n) is 3.63. The Hall–Kier alpha value is -0.820. The number of nitrogens with two attached hydrogens (primary N) is 1. The molecule has 1 unspecified atom stereocenters. The maximum absolute atomic E-state index is 12.5. The zero-order valence-corrected chi connectivity index (χ0v) is 14.7. The van der Waals surface area contributed by atoms with Crippen molar-refractivity contribution in [3.63, 3.8) is 0 Å². The molecule has 0 saturated carbocycles. The van der Waals surface area contributed by atoms with Crippen LogP contribution in [0, 0.1) is 11.8 Å². The van der Waals surface area contributed by atoms with E-state index in [0.29, 0.717) is 42.8 Å². The summed E-state index contributed by atoms with van der Waals surface area (Å²) >= 11 is 0. The smallest absolute Gasteiger partial charge is 0.243 e. The van der Waals surface area contributed by atoms with E-state index in [1.165, 1.54) is 4.31 Å². The van der Waals surface area contributed by atoms with Gasteiger partial charge in [0.2, 0.25) is 10.0 Å². The number of ether oxygens (including phenoxy) is 1. The van der Waals surface area contributed by atoms with E-state index in [9.17, 15) is 8.42 Å². The van der Waals surface area contributed by atoms with Crippen molar-refractivity contribution in [1.29, 1.82) is 0 Å². The van der Waals surface area contributed by atoms with Crippen LogP contribution in [-0.2, 0) is 10.0 Å². The van der Waals surface area contributed by atoms with Crippen molar-refractivity contribution < 1.29 is 13.2 Å². The standard InChI is InChI=1S/C15H24N2O3S.ClH/c1-12(2)11-20-14-3-5-15(6-4-14)21(18,19)17-8-7-13(9-16)10-17;/h3-6,12-13H,7-11,16H2,1-2H3;1H. The number of hydrogen-bond donors (Lipinski definition) is 1. The molecule has 0 spiro atoms. The van der Waals surface area contributed by atoms with E-state index in [-0.39, 0.29) is 18.3 Å². The number of hydrogen-bond acceptors (Lipinski definition) is 4. The van der Waals surface area contributed by atoms with Gasteiger partial charge in [-0.15, -0.1) is 12.4 Å². The van der Waals surface area contributed by atoms with Crippen molar-refractivity contribution in [3.05, 3.63) is 24.3 Å². The monoisotopic (exact) mass is 348 g/mol. The summed E-state index contributed by atoms with van der Waals surface area (Å²) in [5, 5.41) is 0. The van der Waals surface area contributed by atoms with E-state index in [4.69, 9.17) is 10.5 Å². The predicted octanol–water partition coefficient (Wildman–Crippen LogP) is 2.11. The normalized spacial score (nSPS) is 19.2.